The van der Waals surface area contributed by atoms with Gasteiger partial charge in [-0.05, 0) is 30.3 Å². The fourth-order valence-electron chi connectivity index (χ4n) is 2.43. The molecule has 9 heteroatoms. The number of anilines is 1. The maximum absolute atomic E-state index is 12.6. The molecule has 0 radical (unpaired) electrons. The average Bonchev–Trinajstić information content (AvgIpc) is 2.97. The molecule has 1 aliphatic rings. The Morgan fingerprint density at radius 1 is 0.913 bits per heavy atom. The van der Waals surface area contributed by atoms with Crippen LogP contribution in [0.2, 0.25) is 14.4 Å². The van der Waals surface area contributed by atoms with Gasteiger partial charge >= 0.3 is 0 Å². The minimum Gasteiger partial charge on any atom is -0.369 e. The van der Waals surface area contributed by atoms with Crippen molar-refractivity contribution in [2.24, 2.45) is 0 Å². The number of thiophene rings is 1. The van der Waals surface area contributed by atoms with Gasteiger partial charge in [-0.25, -0.2) is 8.42 Å². The molecule has 124 valence electrons. The summed E-state index contributed by atoms with van der Waals surface area (Å²) in [5, 5.41) is 0.999. The van der Waals surface area contributed by atoms with Crippen LogP contribution in [0.25, 0.3) is 0 Å². The minimum atomic E-state index is -3.47. The van der Waals surface area contributed by atoms with Crippen LogP contribution in [0.3, 0.4) is 0 Å². The van der Waals surface area contributed by atoms with Gasteiger partial charge in [0, 0.05) is 31.9 Å². The first-order valence-corrected chi connectivity index (χ1v) is 10.2. The first kappa shape index (κ1) is 17.3. The predicted octanol–water partition coefficient (Wildman–Crippen LogP) is 4.22. The van der Waals surface area contributed by atoms with Crippen molar-refractivity contribution < 1.29 is 8.42 Å². The van der Waals surface area contributed by atoms with E-state index in [1.54, 1.807) is 24.3 Å². The summed E-state index contributed by atoms with van der Waals surface area (Å²) in [6.45, 7) is 2.02. The van der Waals surface area contributed by atoms with E-state index in [0.717, 1.165) is 17.0 Å². The van der Waals surface area contributed by atoms with Crippen molar-refractivity contribution >= 4 is 61.9 Å². The largest absolute Gasteiger partial charge is 0.369 e. The maximum Gasteiger partial charge on any atom is 0.252 e. The van der Waals surface area contributed by atoms with Crippen molar-refractivity contribution in [3.8, 4) is 0 Å². The summed E-state index contributed by atoms with van der Waals surface area (Å²) < 4.78 is 27.4. The fraction of sp³-hybridized carbons (Fsp3) is 0.286. The van der Waals surface area contributed by atoms with Crippen LogP contribution in [0.4, 0.5) is 5.69 Å². The van der Waals surface area contributed by atoms with Crippen LogP contribution in [0, 0.1) is 0 Å². The third-order valence-corrected chi connectivity index (χ3v) is 7.99. The van der Waals surface area contributed by atoms with Crippen molar-refractivity contribution in [3.63, 3.8) is 0 Å². The van der Waals surface area contributed by atoms with E-state index in [2.05, 4.69) is 4.90 Å². The molecule has 23 heavy (non-hydrogen) atoms. The van der Waals surface area contributed by atoms with E-state index in [1.165, 1.54) is 4.31 Å². The topological polar surface area (TPSA) is 40.6 Å². The lowest BCUT2D eigenvalue weighted by Crippen LogP contribution is -2.48. The molecule has 2 heterocycles. The third-order valence-electron chi connectivity index (χ3n) is 3.65. The zero-order chi connectivity index (χ0) is 16.6. The highest BCUT2D eigenvalue weighted by atomic mass is 35.5. The van der Waals surface area contributed by atoms with Crippen LogP contribution < -0.4 is 4.90 Å². The van der Waals surface area contributed by atoms with Crippen molar-refractivity contribution in [3.05, 3.63) is 44.7 Å². The van der Waals surface area contributed by atoms with Gasteiger partial charge in [-0.2, -0.15) is 4.31 Å². The van der Waals surface area contributed by atoms with Crippen LogP contribution in [0.5, 0.6) is 0 Å². The molecule has 1 aromatic heterocycles. The molecule has 0 saturated carbocycles. The van der Waals surface area contributed by atoms with Gasteiger partial charge in [-0.15, -0.1) is 11.3 Å². The number of piperazine rings is 1. The number of nitrogens with zero attached hydrogens (tertiary/aromatic N) is 2. The van der Waals surface area contributed by atoms with Gasteiger partial charge in [0.05, 0.1) is 14.4 Å². The van der Waals surface area contributed by atoms with Crippen LogP contribution in [-0.4, -0.2) is 38.9 Å². The van der Waals surface area contributed by atoms with Gasteiger partial charge in [-0.1, -0.05) is 34.8 Å². The number of rotatable bonds is 3. The quantitative estimate of drug-likeness (QED) is 0.759. The molecule has 1 fully saturated rings. The predicted molar refractivity (Wildman–Crippen MR) is 96.8 cm³/mol. The van der Waals surface area contributed by atoms with E-state index in [9.17, 15) is 8.42 Å². The van der Waals surface area contributed by atoms with Crippen molar-refractivity contribution in [1.82, 2.24) is 4.31 Å². The number of halogens is 3. The Bertz CT molecular complexity index is 815. The van der Waals surface area contributed by atoms with Crippen molar-refractivity contribution in [2.75, 3.05) is 31.1 Å². The summed E-state index contributed by atoms with van der Waals surface area (Å²) in [7, 11) is -3.47. The number of hydrogen-bond acceptors (Lipinski definition) is 4. The average molecular weight is 412 g/mol. The first-order chi connectivity index (χ1) is 10.9. The zero-order valence-electron chi connectivity index (χ0n) is 11.9. The highest BCUT2D eigenvalue weighted by molar-refractivity contribution is 7.91. The number of benzene rings is 1. The Hall–Kier alpha value is -0.500. The molecule has 0 N–H and O–H groups in total. The lowest BCUT2D eigenvalue weighted by Gasteiger charge is -2.35. The molecule has 1 aromatic carbocycles. The van der Waals surface area contributed by atoms with E-state index in [1.807, 2.05) is 6.07 Å². The second kappa shape index (κ2) is 6.78. The molecule has 0 spiro atoms. The Labute approximate surface area is 154 Å². The van der Waals surface area contributed by atoms with Gasteiger partial charge in [0.15, 0.2) is 0 Å². The molecule has 0 amide bonds. The Morgan fingerprint density at radius 2 is 1.61 bits per heavy atom. The fourth-order valence-corrected chi connectivity index (χ4v) is 5.78. The Balaban J connectivity index is 1.72. The number of hydrogen-bond donors (Lipinski definition) is 0. The molecule has 4 nitrogen and oxygen atoms in total. The van der Waals surface area contributed by atoms with Gasteiger partial charge in [0.2, 0.25) is 0 Å². The van der Waals surface area contributed by atoms with Crippen LogP contribution in [-0.2, 0) is 10.0 Å². The summed E-state index contributed by atoms with van der Waals surface area (Å²) in [6.07, 6.45) is 0. The minimum absolute atomic E-state index is 0.283. The highest BCUT2D eigenvalue weighted by Crippen LogP contribution is 2.30. The van der Waals surface area contributed by atoms with Gasteiger partial charge in [0.1, 0.15) is 4.21 Å². The van der Waals surface area contributed by atoms with E-state index < -0.39 is 10.0 Å². The second-order valence-corrected chi connectivity index (χ2v) is 9.74. The van der Waals surface area contributed by atoms with E-state index in [0.29, 0.717) is 40.6 Å². The number of sulfonamides is 1. The molecule has 3 rings (SSSR count). The standard InChI is InChI=1S/C14H13Cl3N2O2S2/c15-11-2-1-10(9-12(11)16)18-5-7-19(8-6-18)23(20,21)14-4-3-13(17)22-14/h1-4,9H,5-8H2. The second-order valence-electron chi connectivity index (χ2n) is 5.05. The molecule has 1 aliphatic heterocycles. The smallest absolute Gasteiger partial charge is 0.252 e. The molecule has 0 aliphatic carbocycles. The van der Waals surface area contributed by atoms with Gasteiger partial charge in [0.25, 0.3) is 10.0 Å². The van der Waals surface area contributed by atoms with E-state index >= 15 is 0 Å². The highest BCUT2D eigenvalue weighted by Gasteiger charge is 2.29. The first-order valence-electron chi connectivity index (χ1n) is 6.83. The molecule has 0 unspecified atom stereocenters. The lowest BCUT2D eigenvalue weighted by atomic mass is 10.2. The normalized spacial score (nSPS) is 16.7. The van der Waals surface area contributed by atoms with Gasteiger partial charge < -0.3 is 4.90 Å². The molecule has 1 saturated heterocycles. The zero-order valence-corrected chi connectivity index (χ0v) is 15.8. The SMILES string of the molecule is O=S(=O)(c1ccc(Cl)s1)N1CCN(c2ccc(Cl)c(Cl)c2)CC1. The summed E-state index contributed by atoms with van der Waals surface area (Å²) in [5.74, 6) is 0. The Kier molecular flexibility index (Phi) is 5.11. The Morgan fingerprint density at radius 3 is 2.17 bits per heavy atom. The van der Waals surface area contributed by atoms with Gasteiger partial charge in [-0.3, -0.25) is 0 Å². The summed E-state index contributed by atoms with van der Waals surface area (Å²) in [4.78, 5) is 2.09. The molecular weight excluding hydrogens is 399 g/mol. The van der Waals surface area contributed by atoms with Crippen LogP contribution >= 0.6 is 46.1 Å². The van der Waals surface area contributed by atoms with Crippen molar-refractivity contribution in [1.29, 1.82) is 0 Å². The molecule has 0 bridgehead atoms. The summed E-state index contributed by atoms with van der Waals surface area (Å²) in [6, 6.07) is 8.58. The van der Waals surface area contributed by atoms with Crippen molar-refractivity contribution in [2.45, 2.75) is 4.21 Å². The lowest BCUT2D eigenvalue weighted by molar-refractivity contribution is 0.386. The third kappa shape index (κ3) is 3.62. The van der Waals surface area contributed by atoms with Crippen LogP contribution in [0.1, 0.15) is 0 Å². The molecule has 0 atom stereocenters. The van der Waals surface area contributed by atoms with E-state index in [4.69, 9.17) is 34.8 Å². The summed E-state index contributed by atoms with van der Waals surface area (Å²) >= 11 is 18.9. The molecule has 2 aromatic rings. The monoisotopic (exact) mass is 410 g/mol. The maximum atomic E-state index is 12.6. The van der Waals surface area contributed by atoms with Crippen LogP contribution in [0.15, 0.2) is 34.5 Å². The summed E-state index contributed by atoms with van der Waals surface area (Å²) in [5.41, 5.74) is 0.940. The van der Waals surface area contributed by atoms with E-state index in [-0.39, 0.29) is 4.21 Å². The molecular formula is C14H13Cl3N2O2S2.